The second-order valence-corrected chi connectivity index (χ2v) is 23.1. The third-order valence-electron chi connectivity index (χ3n) is 18.1. The van der Waals surface area contributed by atoms with Gasteiger partial charge in [-0.15, -0.1) is 0 Å². The van der Waals surface area contributed by atoms with E-state index in [-0.39, 0.29) is 103 Å². The third-order valence-corrected chi connectivity index (χ3v) is 18.1. The quantitative estimate of drug-likeness (QED) is 0.0784. The lowest BCUT2D eigenvalue weighted by Crippen LogP contribution is -2.58. The van der Waals surface area contributed by atoms with E-state index in [1.54, 1.807) is 62.0 Å². The molecule has 9 rings (SSSR count). The minimum Gasteiger partial charge on any atom is -0.347 e. The molecule has 7 amide bonds. The van der Waals surface area contributed by atoms with Gasteiger partial charge in [-0.1, -0.05) is 99.2 Å². The van der Waals surface area contributed by atoms with Crippen molar-refractivity contribution in [2.75, 3.05) is 27.2 Å². The van der Waals surface area contributed by atoms with Gasteiger partial charge in [0.2, 0.25) is 35.4 Å². The number of likely N-dealkylation sites (N-methyl/N-ethyl adjacent to an activating group) is 2. The molecule has 4 fully saturated rings. The Morgan fingerprint density at radius 2 is 0.974 bits per heavy atom. The SMILES string of the molecule is CN[C@@H](C)C(=O)N[C@H](C(=O)N1C[C@@H](CC(=O)c2ccc(C(=O)N[C@H]3C[C@@H](C(=O)N[C@@H]4CCc5ccccc54)N(C(=O)[C@@H](NC(=O)[C@H](C)NC)C4CCCCC4)C3)cc2)C[C@H]1C(=O)N[C@@H]1CCc2ccccc21)C1CCCCC1. The summed E-state index contributed by atoms with van der Waals surface area (Å²) in [6.45, 7) is 3.72. The molecule has 78 heavy (non-hydrogen) atoms. The van der Waals surface area contributed by atoms with Crippen molar-refractivity contribution in [3.8, 4) is 0 Å². The topological polar surface area (TPSA) is 227 Å². The van der Waals surface area contributed by atoms with Gasteiger partial charge < -0.3 is 47.0 Å². The number of carbonyl (C=O) groups is 8. The molecule has 2 saturated heterocycles. The van der Waals surface area contributed by atoms with Crippen molar-refractivity contribution in [3.63, 3.8) is 0 Å². The number of likely N-dealkylation sites (tertiary alicyclic amines) is 2. The van der Waals surface area contributed by atoms with Crippen LogP contribution in [-0.4, -0.2) is 126 Å². The first-order valence-electron chi connectivity index (χ1n) is 29.0. The van der Waals surface area contributed by atoms with E-state index in [1.165, 1.54) is 11.1 Å². The van der Waals surface area contributed by atoms with Crippen LogP contribution in [0.15, 0.2) is 72.8 Å². The number of Topliss-reactive ketones (excluding diaryl/α,β-unsaturated/α-hetero) is 1. The lowest BCUT2D eigenvalue weighted by atomic mass is 9.83. The standard InChI is InChI=1S/C61H81N9O8/c1-36(62-3)55(72)67-53(42-17-7-5-8-18-42)60(77)69-34-38(31-50(69)58(75)65-48-29-27-39-15-11-13-21-46(39)48)32-52(71)41-23-25-44(26-24-41)57(74)64-45-33-51(59(76)66-49-30-28-40-16-12-14-22-47(40)49)70(35-45)61(78)54(43-19-9-6-10-20-43)68-56(73)37(2)63-4/h11-16,21-26,36-38,42-43,45,48-51,53-54,62-63H,5-10,17-20,27-35H2,1-4H3,(H,64,74)(H,65,75)(H,66,76)(H,67,72)(H,68,73)/t36-,37-,38+,45-,48+,49+,50-,51-,53-,54-/m0/s1. The Morgan fingerprint density at radius 3 is 1.46 bits per heavy atom. The van der Waals surface area contributed by atoms with Gasteiger partial charge in [0.05, 0.1) is 24.2 Å². The monoisotopic (exact) mass is 1070 g/mol. The molecular formula is C61H81N9O8. The highest BCUT2D eigenvalue weighted by molar-refractivity contribution is 6.00. The lowest BCUT2D eigenvalue weighted by molar-refractivity contribution is -0.143. The van der Waals surface area contributed by atoms with Crippen LogP contribution in [0, 0.1) is 17.8 Å². The summed E-state index contributed by atoms with van der Waals surface area (Å²) in [4.78, 5) is 117. The van der Waals surface area contributed by atoms with Crippen LogP contribution < -0.4 is 37.2 Å². The first-order chi connectivity index (χ1) is 37.7. The highest BCUT2D eigenvalue weighted by atomic mass is 16.2. The number of benzene rings is 3. The van der Waals surface area contributed by atoms with Crippen LogP contribution in [0.2, 0.25) is 0 Å². The van der Waals surface area contributed by atoms with Gasteiger partial charge in [0.1, 0.15) is 24.2 Å². The number of nitrogens with zero attached hydrogens (tertiary/aromatic N) is 2. The fourth-order valence-corrected chi connectivity index (χ4v) is 13.3. The number of hydrogen-bond acceptors (Lipinski definition) is 10. The molecule has 2 aliphatic heterocycles. The molecule has 17 nitrogen and oxygen atoms in total. The summed E-state index contributed by atoms with van der Waals surface area (Å²) in [6, 6.07) is 17.0. The number of aryl methyl sites for hydroxylation is 2. The van der Waals surface area contributed by atoms with E-state index in [2.05, 4.69) is 49.4 Å². The molecule has 4 aliphatic carbocycles. The zero-order valence-corrected chi connectivity index (χ0v) is 46.0. The fourth-order valence-electron chi connectivity index (χ4n) is 13.3. The van der Waals surface area contributed by atoms with E-state index in [4.69, 9.17) is 0 Å². The number of rotatable bonds is 19. The van der Waals surface area contributed by atoms with Crippen LogP contribution in [0.5, 0.6) is 0 Å². The molecule has 0 radical (unpaired) electrons. The second kappa shape index (κ2) is 25.6. The summed E-state index contributed by atoms with van der Waals surface area (Å²) < 4.78 is 0. The zero-order valence-electron chi connectivity index (χ0n) is 46.0. The Kier molecular flexibility index (Phi) is 18.4. The average molecular weight is 1070 g/mol. The average Bonchev–Trinajstić information content (AvgIpc) is 4.31. The summed E-state index contributed by atoms with van der Waals surface area (Å²) in [5.74, 6) is -2.95. The van der Waals surface area contributed by atoms with Gasteiger partial charge in [-0.05, 0) is 144 Å². The van der Waals surface area contributed by atoms with Crippen LogP contribution >= 0.6 is 0 Å². The van der Waals surface area contributed by atoms with Crippen LogP contribution in [-0.2, 0) is 41.6 Å². The van der Waals surface area contributed by atoms with Crippen molar-refractivity contribution in [2.24, 2.45) is 17.8 Å². The van der Waals surface area contributed by atoms with Crippen LogP contribution in [0.4, 0.5) is 0 Å². The van der Waals surface area contributed by atoms with Crippen molar-refractivity contribution in [1.29, 1.82) is 0 Å². The van der Waals surface area contributed by atoms with E-state index in [1.807, 2.05) is 36.4 Å². The number of carbonyl (C=O) groups excluding carboxylic acids is 8. The molecule has 0 spiro atoms. The van der Waals surface area contributed by atoms with Gasteiger partial charge >= 0.3 is 0 Å². The van der Waals surface area contributed by atoms with Gasteiger partial charge in [-0.3, -0.25) is 38.4 Å². The van der Waals surface area contributed by atoms with E-state index in [0.717, 1.165) is 101 Å². The van der Waals surface area contributed by atoms with E-state index in [0.29, 0.717) is 11.1 Å². The molecule has 10 atom stereocenters. The Labute approximate surface area is 459 Å². The summed E-state index contributed by atoms with van der Waals surface area (Å²) >= 11 is 0. The fraction of sp³-hybridized carbons (Fsp3) is 0.574. The number of amides is 7. The molecule has 6 aliphatic rings. The van der Waals surface area contributed by atoms with Gasteiger partial charge in [-0.2, -0.15) is 0 Å². The van der Waals surface area contributed by atoms with E-state index < -0.39 is 48.2 Å². The van der Waals surface area contributed by atoms with Crippen LogP contribution in [0.3, 0.4) is 0 Å². The van der Waals surface area contributed by atoms with Crippen LogP contribution in [0.1, 0.15) is 165 Å². The molecule has 0 bridgehead atoms. The maximum atomic E-state index is 14.9. The molecule has 17 heteroatoms. The first kappa shape index (κ1) is 56.3. The Morgan fingerprint density at radius 1 is 0.526 bits per heavy atom. The number of ketones is 1. The normalized spacial score (nSPS) is 24.7. The summed E-state index contributed by atoms with van der Waals surface area (Å²) in [5, 5.41) is 21.6. The highest BCUT2D eigenvalue weighted by Gasteiger charge is 2.47. The summed E-state index contributed by atoms with van der Waals surface area (Å²) in [5.41, 5.74) is 5.15. The Hall–Kier alpha value is -6.46. The predicted molar refractivity (Wildman–Crippen MR) is 296 cm³/mol. The number of fused-ring (bicyclic) bond motifs is 2. The third kappa shape index (κ3) is 12.8. The van der Waals surface area contributed by atoms with E-state index in [9.17, 15) is 38.4 Å². The smallest absolute Gasteiger partial charge is 0.251 e. The molecule has 0 unspecified atom stereocenters. The molecule has 7 N–H and O–H groups in total. The molecule has 3 aromatic rings. The maximum absolute atomic E-state index is 14.9. The van der Waals surface area contributed by atoms with Crippen molar-refractivity contribution in [3.05, 3.63) is 106 Å². The van der Waals surface area contributed by atoms with Gasteiger partial charge in [-0.25, -0.2) is 0 Å². The Bertz CT molecular complexity index is 2510. The molecular weight excluding hydrogens is 987 g/mol. The zero-order chi connectivity index (χ0) is 55.0. The van der Waals surface area contributed by atoms with Gasteiger partial charge in [0.25, 0.3) is 5.91 Å². The lowest BCUT2D eigenvalue weighted by Gasteiger charge is -2.35. The molecule has 2 heterocycles. The van der Waals surface area contributed by atoms with Crippen molar-refractivity contribution in [1.82, 2.24) is 47.0 Å². The van der Waals surface area contributed by atoms with E-state index >= 15 is 0 Å². The second-order valence-electron chi connectivity index (χ2n) is 23.1. The predicted octanol–water partition coefficient (Wildman–Crippen LogP) is 5.13. The summed E-state index contributed by atoms with van der Waals surface area (Å²) in [6.07, 6.45) is 12.7. The number of nitrogens with one attached hydrogen (secondary N) is 7. The van der Waals surface area contributed by atoms with Crippen molar-refractivity contribution < 1.29 is 38.4 Å². The van der Waals surface area contributed by atoms with Gasteiger partial charge in [0, 0.05) is 36.7 Å². The van der Waals surface area contributed by atoms with Crippen molar-refractivity contribution >= 4 is 47.1 Å². The molecule has 3 aromatic carbocycles. The molecule has 418 valence electrons. The highest BCUT2D eigenvalue weighted by Crippen LogP contribution is 2.37. The molecule has 0 aromatic heterocycles. The van der Waals surface area contributed by atoms with Crippen LogP contribution in [0.25, 0.3) is 0 Å². The first-order valence-corrected chi connectivity index (χ1v) is 29.0. The Balaban J connectivity index is 0.888. The minimum absolute atomic E-state index is 0.0562. The van der Waals surface area contributed by atoms with Gasteiger partial charge in [0.15, 0.2) is 5.78 Å². The van der Waals surface area contributed by atoms with Crippen molar-refractivity contribution in [2.45, 2.75) is 177 Å². The summed E-state index contributed by atoms with van der Waals surface area (Å²) in [7, 11) is 3.39. The largest absolute Gasteiger partial charge is 0.347 e. The minimum atomic E-state index is -0.897. The number of hydrogen-bond donors (Lipinski definition) is 7. The molecule has 2 saturated carbocycles. The maximum Gasteiger partial charge on any atom is 0.251 e.